The number of halogens is 16. The fourth-order valence-electron chi connectivity index (χ4n) is 2.64. The van der Waals surface area contributed by atoms with Crippen LogP contribution in [0.4, 0.5) is 0 Å². The smallest absolute Gasteiger partial charge is 0.0939 e. The molecule has 1 aromatic rings. The Hall–Kier alpha value is 3.34. The van der Waals surface area contributed by atoms with Gasteiger partial charge in [0, 0.05) is 11.1 Å². The molecule has 0 radical (unpaired) electrons. The van der Waals surface area contributed by atoms with Gasteiger partial charge in [-0.2, -0.15) is 0 Å². The van der Waals surface area contributed by atoms with Crippen molar-refractivity contribution in [3.8, 4) is 0 Å². The van der Waals surface area contributed by atoms with Crippen LogP contribution in [0.3, 0.4) is 0 Å². The first-order valence-electron chi connectivity index (χ1n) is 6.77. The zero-order valence-electron chi connectivity index (χ0n) is 13.0. The molecule has 0 amide bonds. The minimum absolute atomic E-state index is 0.112. The van der Waals surface area contributed by atoms with Crippen LogP contribution in [0.5, 0.6) is 0 Å². The predicted octanol–water partition coefficient (Wildman–Crippen LogP) is 12.5. The molecule has 0 N–H and O–H groups in total. The molecule has 0 nitrogen and oxygen atoms in total. The molecule has 0 spiro atoms. The number of allylic oxidation sites excluding steroid dienone is 4. The molecular weight excluding hydrogens is 735 g/mol. The molecule has 16 heteroatoms. The summed E-state index contributed by atoms with van der Waals surface area (Å²) in [4.78, 5) is 0. The second kappa shape index (κ2) is 9.66. The normalized spacial score (nSPS) is 19.6. The lowest BCUT2D eigenvalue weighted by atomic mass is 9.79. The van der Waals surface area contributed by atoms with E-state index in [1.165, 1.54) is 0 Å². The molecule has 1 aromatic carbocycles. The highest BCUT2D eigenvalue weighted by atomic mass is 35.6. The van der Waals surface area contributed by atoms with Crippen molar-refractivity contribution in [3.63, 3.8) is 0 Å². The lowest BCUT2D eigenvalue weighted by Crippen LogP contribution is -2.59. The van der Waals surface area contributed by atoms with Gasteiger partial charge in [0.25, 0.3) is 0 Å². The molecule has 0 saturated heterocycles. The summed E-state index contributed by atoms with van der Waals surface area (Å²) in [5.41, 5.74) is -2.81. The highest BCUT2D eigenvalue weighted by molar-refractivity contribution is 6.77. The van der Waals surface area contributed by atoms with E-state index >= 15 is 0 Å². The largest absolute Gasteiger partial charge is 0.208 e. The molecule has 30 heavy (non-hydrogen) atoms. The van der Waals surface area contributed by atoms with Crippen LogP contribution < -0.4 is 0 Å². The molecule has 0 saturated carbocycles. The zero-order valence-corrected chi connectivity index (χ0v) is 25.1. The van der Waals surface area contributed by atoms with Gasteiger partial charge in [0.05, 0.1) is 40.2 Å². The van der Waals surface area contributed by atoms with Crippen LogP contribution in [-0.4, -0.2) is 11.9 Å². The monoisotopic (exact) mass is 728 g/mol. The molecule has 0 unspecified atom stereocenters. The fourth-order valence-corrected chi connectivity index (χ4v) is 9.81. The molecule has 0 aromatic heterocycles. The van der Waals surface area contributed by atoms with Crippen LogP contribution in [0.1, 0.15) is 5.56 Å². The third-order valence-corrected chi connectivity index (χ3v) is 10.6. The Morgan fingerprint density at radius 3 is 1.17 bits per heavy atom. The Balaban J connectivity index is 3.12. The van der Waals surface area contributed by atoms with E-state index in [2.05, 4.69) is 0 Å². The van der Waals surface area contributed by atoms with Crippen molar-refractivity contribution in [2.24, 2.45) is 5.41 Å². The Labute approximate surface area is 251 Å². The first-order valence-corrected chi connectivity index (χ1v) is 12.8. The maximum Gasteiger partial charge on any atom is 0.208 e. The van der Waals surface area contributed by atoms with Gasteiger partial charge in [-0.3, -0.25) is 0 Å². The summed E-state index contributed by atoms with van der Waals surface area (Å²) >= 11 is 100. The lowest BCUT2D eigenvalue weighted by molar-refractivity contribution is 0.363. The Bertz CT molecular complexity index is 930. The summed E-state index contributed by atoms with van der Waals surface area (Å²) in [6.45, 7) is 0. The zero-order chi connectivity index (χ0) is 23.8. The molecule has 0 fully saturated rings. The van der Waals surface area contributed by atoms with Gasteiger partial charge in [0.2, 0.25) is 7.59 Å². The maximum atomic E-state index is 6.55. The minimum atomic E-state index is -2.55. The summed E-state index contributed by atoms with van der Waals surface area (Å²) < 4.78 is -7.60. The minimum Gasteiger partial charge on any atom is -0.0939 e. The van der Waals surface area contributed by atoms with Gasteiger partial charge in [-0.05, 0) is 0 Å². The van der Waals surface area contributed by atoms with E-state index < -0.39 is 32.4 Å². The van der Waals surface area contributed by atoms with Crippen molar-refractivity contribution in [2.75, 3.05) is 0 Å². The first-order chi connectivity index (χ1) is 13.3. The summed E-state index contributed by atoms with van der Waals surface area (Å²) in [6.07, 6.45) is 0. The van der Waals surface area contributed by atoms with Gasteiger partial charge >= 0.3 is 0 Å². The molecule has 0 heterocycles. The number of benzene rings is 1. The number of hydrogen-bond donors (Lipinski definition) is 0. The first kappa shape index (κ1) is 29.6. The van der Waals surface area contributed by atoms with E-state index in [0.29, 0.717) is 0 Å². The summed E-state index contributed by atoms with van der Waals surface area (Å²) in [7, 11) is 0. The standard InChI is InChI=1S/C14Cl16/c15-3-1(4(16)7(19)8(20)6(3)18)2-5(17)10(22)11(13(25,26)27,14(28,29)30)12(23,24)9(2)21. The van der Waals surface area contributed by atoms with Crippen molar-refractivity contribution >= 4 is 191 Å². The van der Waals surface area contributed by atoms with Crippen LogP contribution in [0.2, 0.25) is 25.1 Å². The highest BCUT2D eigenvalue weighted by Crippen LogP contribution is 2.75. The molecule has 1 aliphatic rings. The topological polar surface area (TPSA) is 0 Å². The van der Waals surface area contributed by atoms with Crippen LogP contribution in [0.15, 0.2) is 15.1 Å². The average Bonchev–Trinajstić information content (AvgIpc) is 2.57. The average molecular weight is 735 g/mol. The predicted molar refractivity (Wildman–Crippen MR) is 140 cm³/mol. The van der Waals surface area contributed by atoms with Gasteiger partial charge in [-0.15, -0.1) is 0 Å². The van der Waals surface area contributed by atoms with Gasteiger partial charge in [0.1, 0.15) is 5.41 Å². The summed E-state index contributed by atoms with van der Waals surface area (Å²) in [5.74, 6) is 0. The third kappa shape index (κ3) is 4.26. The van der Waals surface area contributed by atoms with Gasteiger partial charge in [-0.25, -0.2) is 0 Å². The Morgan fingerprint density at radius 1 is 0.500 bits per heavy atom. The van der Waals surface area contributed by atoms with Crippen molar-refractivity contribution in [1.82, 2.24) is 0 Å². The van der Waals surface area contributed by atoms with Gasteiger partial charge in [-0.1, -0.05) is 186 Å². The second-order valence-electron chi connectivity index (χ2n) is 5.58. The molecule has 0 aliphatic heterocycles. The van der Waals surface area contributed by atoms with E-state index in [1.807, 2.05) is 0 Å². The molecule has 1 aliphatic carbocycles. The third-order valence-electron chi connectivity index (χ3n) is 4.02. The molecule has 0 bridgehead atoms. The quantitative estimate of drug-likeness (QED) is 0.153. The molecule has 2 rings (SSSR count). The van der Waals surface area contributed by atoms with Crippen molar-refractivity contribution < 1.29 is 0 Å². The van der Waals surface area contributed by atoms with Crippen LogP contribution in [0, 0.1) is 5.41 Å². The van der Waals surface area contributed by atoms with E-state index in [9.17, 15) is 0 Å². The highest BCUT2D eigenvalue weighted by Gasteiger charge is 2.76. The van der Waals surface area contributed by atoms with Crippen LogP contribution >= 0.6 is 186 Å². The number of alkyl halides is 8. The SMILES string of the molecule is ClC1=C(Cl)C(C(Cl)(Cl)Cl)(C(Cl)(Cl)Cl)C(Cl)(Cl)C(Cl)=C1c1c(Cl)c(Cl)c(Cl)c(Cl)c1Cl. The molecule has 0 atom stereocenters. The van der Waals surface area contributed by atoms with E-state index in [-0.39, 0.29) is 36.2 Å². The van der Waals surface area contributed by atoms with Crippen molar-refractivity contribution in [2.45, 2.75) is 11.9 Å². The summed E-state index contributed by atoms with van der Waals surface area (Å²) in [5, 5.41) is -2.36. The number of hydrogen-bond acceptors (Lipinski definition) is 0. The van der Waals surface area contributed by atoms with E-state index in [0.717, 1.165) is 0 Å². The Morgan fingerprint density at radius 2 is 0.833 bits per heavy atom. The molecular formula is C14Cl16. The van der Waals surface area contributed by atoms with Gasteiger partial charge < -0.3 is 0 Å². The maximum absolute atomic E-state index is 6.55. The second-order valence-corrected chi connectivity index (χ2v) is 14.5. The van der Waals surface area contributed by atoms with Crippen molar-refractivity contribution in [1.29, 1.82) is 0 Å². The van der Waals surface area contributed by atoms with Crippen molar-refractivity contribution in [3.05, 3.63) is 45.8 Å². The van der Waals surface area contributed by atoms with E-state index in [1.54, 1.807) is 0 Å². The van der Waals surface area contributed by atoms with Crippen LogP contribution in [0.25, 0.3) is 5.57 Å². The Kier molecular flexibility index (Phi) is 9.52. The van der Waals surface area contributed by atoms with Crippen LogP contribution in [-0.2, 0) is 0 Å². The van der Waals surface area contributed by atoms with Gasteiger partial charge in [0.15, 0.2) is 4.33 Å². The van der Waals surface area contributed by atoms with E-state index in [4.69, 9.17) is 186 Å². The molecule has 168 valence electrons. The lowest BCUT2D eigenvalue weighted by Gasteiger charge is -2.53. The number of rotatable bonds is 1. The fraction of sp³-hybridized carbons (Fsp3) is 0.286. The summed E-state index contributed by atoms with van der Waals surface area (Å²) in [6, 6.07) is 0.